The molecule has 0 saturated carbocycles. The Kier molecular flexibility index (Phi) is 7.67. The predicted octanol–water partition coefficient (Wildman–Crippen LogP) is 3.51. The first-order valence-corrected chi connectivity index (χ1v) is 8.43. The van der Waals surface area contributed by atoms with E-state index in [0.29, 0.717) is 11.1 Å². The molecule has 0 saturated heterocycles. The maximum absolute atomic E-state index is 13.6. The van der Waals surface area contributed by atoms with Crippen LogP contribution in [-0.4, -0.2) is 29.1 Å². The topological polar surface area (TPSA) is 63.6 Å². The maximum Gasteiger partial charge on any atom is 0.313 e. The van der Waals surface area contributed by atoms with Gasteiger partial charge in [-0.15, -0.1) is 0 Å². The monoisotopic (exact) mass is 356 g/mol. The van der Waals surface area contributed by atoms with Crippen LogP contribution in [0, 0.1) is 24.5 Å². The van der Waals surface area contributed by atoms with Crippen molar-refractivity contribution >= 4 is 11.8 Å². The highest BCUT2D eigenvalue weighted by Gasteiger charge is 2.34. The van der Waals surface area contributed by atoms with E-state index in [-0.39, 0.29) is 31.8 Å². The van der Waals surface area contributed by atoms with Crippen LogP contribution in [0.25, 0.3) is 0 Å². The maximum atomic E-state index is 13.6. The second-order valence-corrected chi connectivity index (χ2v) is 6.63. The van der Waals surface area contributed by atoms with Gasteiger partial charge in [-0.25, -0.2) is 8.78 Å². The van der Waals surface area contributed by atoms with E-state index in [1.54, 1.807) is 27.7 Å². The van der Waals surface area contributed by atoms with Crippen LogP contribution < -0.4 is 0 Å². The van der Waals surface area contributed by atoms with Crippen molar-refractivity contribution in [2.45, 2.75) is 59.0 Å². The highest BCUT2D eigenvalue weighted by atomic mass is 19.1. The molecule has 0 radical (unpaired) electrons. The van der Waals surface area contributed by atoms with Crippen molar-refractivity contribution in [2.75, 3.05) is 6.61 Å². The van der Waals surface area contributed by atoms with Crippen LogP contribution in [0.15, 0.2) is 12.1 Å². The number of hydrogen-bond acceptors (Lipinski definition) is 4. The Hall–Kier alpha value is -1.82. The number of esters is 1. The molecule has 0 heterocycles. The van der Waals surface area contributed by atoms with Crippen LogP contribution in [0.2, 0.25) is 0 Å². The minimum Gasteiger partial charge on any atom is -0.466 e. The van der Waals surface area contributed by atoms with E-state index >= 15 is 0 Å². The molecule has 1 unspecified atom stereocenters. The summed E-state index contributed by atoms with van der Waals surface area (Å²) in [5.74, 6) is -2.62. The molecule has 1 aromatic rings. The summed E-state index contributed by atoms with van der Waals surface area (Å²) in [5.41, 5.74) is -0.585. The Morgan fingerprint density at radius 3 is 2.48 bits per heavy atom. The number of rotatable bonds is 9. The number of aryl methyl sites for hydroxylation is 1. The van der Waals surface area contributed by atoms with Gasteiger partial charge < -0.3 is 9.84 Å². The fourth-order valence-electron chi connectivity index (χ4n) is 2.67. The Labute approximate surface area is 147 Å². The van der Waals surface area contributed by atoms with E-state index in [2.05, 4.69) is 0 Å². The van der Waals surface area contributed by atoms with E-state index in [9.17, 15) is 23.5 Å². The molecule has 6 heteroatoms. The van der Waals surface area contributed by atoms with Crippen LogP contribution in [0.4, 0.5) is 8.78 Å². The van der Waals surface area contributed by atoms with Crippen molar-refractivity contribution in [2.24, 2.45) is 5.92 Å². The summed E-state index contributed by atoms with van der Waals surface area (Å²) in [6.45, 7) is 6.90. The minimum atomic E-state index is -1.36. The number of benzene rings is 1. The lowest BCUT2D eigenvalue weighted by Crippen LogP contribution is -2.38. The lowest BCUT2D eigenvalue weighted by Gasteiger charge is -2.32. The average molecular weight is 356 g/mol. The van der Waals surface area contributed by atoms with E-state index in [4.69, 9.17) is 4.74 Å². The van der Waals surface area contributed by atoms with Crippen molar-refractivity contribution in [3.8, 4) is 0 Å². The Morgan fingerprint density at radius 1 is 1.28 bits per heavy atom. The van der Waals surface area contributed by atoms with Gasteiger partial charge in [-0.05, 0) is 49.8 Å². The molecule has 0 amide bonds. The number of halogens is 2. The molecule has 0 fully saturated rings. The molecule has 1 rings (SSSR count). The summed E-state index contributed by atoms with van der Waals surface area (Å²) in [6, 6.07) is 2.05. The highest BCUT2D eigenvalue weighted by molar-refractivity contribution is 5.95. The van der Waals surface area contributed by atoms with Gasteiger partial charge in [0.25, 0.3) is 0 Å². The number of ketones is 1. The Balaban J connectivity index is 2.82. The lowest BCUT2D eigenvalue weighted by molar-refractivity contribution is -0.146. The first-order valence-electron chi connectivity index (χ1n) is 8.43. The molecule has 25 heavy (non-hydrogen) atoms. The number of aliphatic hydroxyl groups is 1. The summed E-state index contributed by atoms with van der Waals surface area (Å²) in [4.78, 5) is 23.5. The second kappa shape index (κ2) is 9.04. The van der Waals surface area contributed by atoms with Crippen LogP contribution >= 0.6 is 0 Å². The molecule has 0 aliphatic heterocycles. The molecule has 1 atom stereocenters. The van der Waals surface area contributed by atoms with Gasteiger partial charge in [-0.3, -0.25) is 9.59 Å². The number of ether oxygens (including phenoxy) is 1. The smallest absolute Gasteiger partial charge is 0.313 e. The van der Waals surface area contributed by atoms with Gasteiger partial charge in [0.05, 0.1) is 12.2 Å². The molecule has 0 aliphatic carbocycles. The summed E-state index contributed by atoms with van der Waals surface area (Å²) in [5, 5.41) is 10.8. The number of carbonyl (C=O) groups is 2. The molecule has 0 aliphatic rings. The predicted molar refractivity (Wildman–Crippen MR) is 90.1 cm³/mol. The summed E-state index contributed by atoms with van der Waals surface area (Å²) < 4.78 is 31.8. The lowest BCUT2D eigenvalue weighted by atomic mass is 9.80. The van der Waals surface area contributed by atoms with E-state index in [1.807, 2.05) is 0 Å². The first-order chi connectivity index (χ1) is 11.6. The summed E-state index contributed by atoms with van der Waals surface area (Å²) in [7, 11) is 0. The van der Waals surface area contributed by atoms with Crippen LogP contribution in [0.1, 0.15) is 51.2 Å². The van der Waals surface area contributed by atoms with Gasteiger partial charge in [-0.2, -0.15) is 0 Å². The van der Waals surface area contributed by atoms with Gasteiger partial charge in [0.15, 0.2) is 0 Å². The summed E-state index contributed by atoms with van der Waals surface area (Å²) in [6.07, 6.45) is -0.221. The molecule has 1 N–H and O–H groups in total. The third-order valence-corrected chi connectivity index (χ3v) is 4.47. The number of hydrogen-bond donors (Lipinski definition) is 1. The van der Waals surface area contributed by atoms with E-state index in [1.165, 1.54) is 6.07 Å². The highest BCUT2D eigenvalue weighted by Crippen LogP contribution is 2.29. The van der Waals surface area contributed by atoms with Gasteiger partial charge in [0.1, 0.15) is 23.8 Å². The van der Waals surface area contributed by atoms with Crippen molar-refractivity contribution in [1.82, 2.24) is 0 Å². The molecule has 0 spiro atoms. The van der Waals surface area contributed by atoms with Crippen LogP contribution in [0.5, 0.6) is 0 Å². The van der Waals surface area contributed by atoms with Crippen molar-refractivity contribution in [3.05, 3.63) is 34.9 Å². The zero-order valence-corrected chi connectivity index (χ0v) is 15.2. The largest absolute Gasteiger partial charge is 0.466 e. The van der Waals surface area contributed by atoms with Gasteiger partial charge >= 0.3 is 5.97 Å². The number of carbonyl (C=O) groups excluding carboxylic acids is 2. The minimum absolute atomic E-state index is 0.156. The van der Waals surface area contributed by atoms with E-state index in [0.717, 1.165) is 6.07 Å². The molecule has 0 bridgehead atoms. The standard InChI is InChI=1S/C19H26F2O4/c1-5-25-18(23)10-16(22)11-19(24,12(2)3)7-6-14-8-15(20)9-17(21)13(14)4/h8-9,12,24H,5-7,10-11H2,1-4H3. The van der Waals surface area contributed by atoms with Gasteiger partial charge in [0.2, 0.25) is 0 Å². The third-order valence-electron chi connectivity index (χ3n) is 4.47. The Bertz CT molecular complexity index is 628. The second-order valence-electron chi connectivity index (χ2n) is 6.63. The van der Waals surface area contributed by atoms with Crippen molar-refractivity contribution in [3.63, 3.8) is 0 Å². The molecule has 4 nitrogen and oxygen atoms in total. The molecule has 140 valence electrons. The van der Waals surface area contributed by atoms with Crippen LogP contribution in [-0.2, 0) is 20.7 Å². The summed E-state index contributed by atoms with van der Waals surface area (Å²) >= 11 is 0. The zero-order valence-electron chi connectivity index (χ0n) is 15.2. The Morgan fingerprint density at radius 2 is 1.92 bits per heavy atom. The van der Waals surface area contributed by atoms with E-state index < -0.39 is 35.4 Å². The fourth-order valence-corrected chi connectivity index (χ4v) is 2.67. The molecular weight excluding hydrogens is 330 g/mol. The van der Waals surface area contributed by atoms with Crippen molar-refractivity contribution in [1.29, 1.82) is 0 Å². The normalized spacial score (nSPS) is 13.6. The van der Waals surface area contributed by atoms with Gasteiger partial charge in [0, 0.05) is 12.5 Å². The SMILES string of the molecule is CCOC(=O)CC(=O)CC(O)(CCc1cc(F)cc(F)c1C)C(C)C. The quantitative estimate of drug-likeness (QED) is 0.543. The number of Topliss-reactive ketones (excluding diaryl/α,β-unsaturated/α-hetero) is 1. The molecule has 0 aromatic heterocycles. The van der Waals surface area contributed by atoms with Crippen molar-refractivity contribution < 1.29 is 28.2 Å². The molecule has 1 aromatic carbocycles. The molecular formula is C19H26F2O4. The third kappa shape index (κ3) is 6.20. The average Bonchev–Trinajstić information content (AvgIpc) is 2.49. The zero-order chi connectivity index (χ0) is 19.2. The first kappa shape index (κ1) is 21.2. The van der Waals surface area contributed by atoms with Crippen LogP contribution in [0.3, 0.4) is 0 Å². The van der Waals surface area contributed by atoms with Gasteiger partial charge in [-0.1, -0.05) is 13.8 Å². The fraction of sp³-hybridized carbons (Fsp3) is 0.579.